The Morgan fingerprint density at radius 3 is 2.37 bits per heavy atom. The molecule has 138 valence electrons. The van der Waals surface area contributed by atoms with E-state index in [-0.39, 0.29) is 6.10 Å². The Balaban J connectivity index is 1.73. The van der Waals surface area contributed by atoms with Crippen molar-refractivity contribution in [3.05, 3.63) is 90.5 Å². The molecule has 3 aromatic carbocycles. The molecule has 1 heteroatoms. The molecule has 1 N–H and O–H groups in total. The number of hydrogen-bond acceptors (Lipinski definition) is 1. The smallest absolute Gasteiger partial charge is 0.0512 e. The molecule has 1 unspecified atom stereocenters. The van der Waals surface area contributed by atoms with E-state index in [4.69, 9.17) is 0 Å². The van der Waals surface area contributed by atoms with Gasteiger partial charge in [0.2, 0.25) is 0 Å². The monoisotopic (exact) mass is 356 g/mol. The van der Waals surface area contributed by atoms with Gasteiger partial charge in [0.1, 0.15) is 0 Å². The maximum Gasteiger partial charge on any atom is 0.0512 e. The Labute approximate surface area is 162 Å². The fourth-order valence-corrected chi connectivity index (χ4v) is 3.30. The first kappa shape index (κ1) is 19.1. The van der Waals surface area contributed by atoms with Gasteiger partial charge in [-0.15, -0.1) is 6.58 Å². The lowest BCUT2D eigenvalue weighted by molar-refractivity contribution is 0.182. The lowest BCUT2D eigenvalue weighted by Crippen LogP contribution is -1.97. The molecule has 27 heavy (non-hydrogen) atoms. The predicted octanol–water partition coefficient (Wildman–Crippen LogP) is 6.80. The van der Waals surface area contributed by atoms with Crippen molar-refractivity contribution in [2.24, 2.45) is 0 Å². The average Bonchev–Trinajstić information content (AvgIpc) is 2.68. The number of hydrogen-bond donors (Lipinski definition) is 1. The summed E-state index contributed by atoms with van der Waals surface area (Å²) in [7, 11) is 0. The number of rotatable bonds is 8. The topological polar surface area (TPSA) is 20.2 Å². The van der Waals surface area contributed by atoms with Gasteiger partial charge in [0.05, 0.1) is 6.10 Å². The molecule has 1 atom stereocenters. The molecule has 0 saturated heterocycles. The SMILES string of the molecule is C=CCc1ccc(-c2ccc3cc(C=CCCCC(C)O)ccc3c2)cc1. The first-order valence-corrected chi connectivity index (χ1v) is 9.74. The zero-order valence-electron chi connectivity index (χ0n) is 16.1. The molecular weight excluding hydrogens is 328 g/mol. The standard InChI is InChI=1S/C26H28O/c1-3-7-21-10-13-23(14-11-21)25-17-16-24-18-22(12-15-26(24)19-25)9-6-4-5-8-20(2)27/h3,6,9-20,27H,1,4-5,7-8H2,2H3. The molecule has 0 amide bonds. The summed E-state index contributed by atoms with van der Waals surface area (Å²) in [6.45, 7) is 5.64. The highest BCUT2D eigenvalue weighted by atomic mass is 16.3. The Bertz CT molecular complexity index is 917. The van der Waals surface area contributed by atoms with Crippen LogP contribution in [0.4, 0.5) is 0 Å². The molecule has 0 fully saturated rings. The van der Waals surface area contributed by atoms with Crippen LogP contribution in [-0.4, -0.2) is 11.2 Å². The molecule has 0 saturated carbocycles. The number of benzene rings is 3. The third kappa shape index (κ3) is 5.42. The molecule has 0 heterocycles. The van der Waals surface area contributed by atoms with Crippen LogP contribution in [0.15, 0.2) is 79.4 Å². The maximum atomic E-state index is 9.30. The summed E-state index contributed by atoms with van der Waals surface area (Å²) in [5.74, 6) is 0. The van der Waals surface area contributed by atoms with E-state index in [1.807, 2.05) is 13.0 Å². The first-order valence-electron chi connectivity index (χ1n) is 9.74. The van der Waals surface area contributed by atoms with Gasteiger partial charge in [0.15, 0.2) is 0 Å². The van der Waals surface area contributed by atoms with E-state index < -0.39 is 0 Å². The predicted molar refractivity (Wildman–Crippen MR) is 118 cm³/mol. The van der Waals surface area contributed by atoms with Gasteiger partial charge in [0, 0.05) is 0 Å². The lowest BCUT2D eigenvalue weighted by Gasteiger charge is -2.06. The number of allylic oxidation sites excluding steroid dienone is 2. The number of fused-ring (bicyclic) bond motifs is 1. The van der Waals surface area contributed by atoms with E-state index in [1.54, 1.807) is 0 Å². The quantitative estimate of drug-likeness (QED) is 0.347. The van der Waals surface area contributed by atoms with Gasteiger partial charge in [-0.2, -0.15) is 0 Å². The van der Waals surface area contributed by atoms with Crippen molar-refractivity contribution in [3.63, 3.8) is 0 Å². The summed E-state index contributed by atoms with van der Waals surface area (Å²) in [4.78, 5) is 0. The molecular formula is C26H28O. The zero-order valence-corrected chi connectivity index (χ0v) is 16.1. The summed E-state index contributed by atoms with van der Waals surface area (Å²) in [6.07, 6.45) is 9.90. The number of unbranched alkanes of at least 4 members (excludes halogenated alkanes) is 1. The van der Waals surface area contributed by atoms with Crippen molar-refractivity contribution in [3.8, 4) is 11.1 Å². The lowest BCUT2D eigenvalue weighted by atomic mass is 9.98. The summed E-state index contributed by atoms with van der Waals surface area (Å²) < 4.78 is 0. The average molecular weight is 357 g/mol. The van der Waals surface area contributed by atoms with Gasteiger partial charge in [-0.25, -0.2) is 0 Å². The zero-order chi connectivity index (χ0) is 19.1. The van der Waals surface area contributed by atoms with Crippen molar-refractivity contribution in [2.75, 3.05) is 0 Å². The van der Waals surface area contributed by atoms with Crippen LogP contribution in [0.1, 0.15) is 37.3 Å². The molecule has 0 aliphatic rings. The molecule has 0 aliphatic heterocycles. The molecule has 1 nitrogen and oxygen atoms in total. The molecule has 0 aromatic heterocycles. The van der Waals surface area contributed by atoms with Crippen LogP contribution >= 0.6 is 0 Å². The summed E-state index contributed by atoms with van der Waals surface area (Å²) in [5, 5.41) is 11.8. The Morgan fingerprint density at radius 1 is 0.926 bits per heavy atom. The van der Waals surface area contributed by atoms with Gasteiger partial charge in [-0.05, 0) is 77.8 Å². The largest absolute Gasteiger partial charge is 0.393 e. The highest BCUT2D eigenvalue weighted by molar-refractivity contribution is 5.89. The van der Waals surface area contributed by atoms with Crippen molar-refractivity contribution >= 4 is 16.8 Å². The van der Waals surface area contributed by atoms with Crippen LogP contribution in [0.25, 0.3) is 28.0 Å². The second kappa shape index (κ2) is 9.34. The number of aliphatic hydroxyl groups is 1. The van der Waals surface area contributed by atoms with Crippen molar-refractivity contribution in [2.45, 2.75) is 38.7 Å². The van der Waals surface area contributed by atoms with Gasteiger partial charge in [-0.1, -0.05) is 66.8 Å². The third-order valence-corrected chi connectivity index (χ3v) is 4.83. The second-order valence-corrected chi connectivity index (χ2v) is 7.19. The van der Waals surface area contributed by atoms with Gasteiger partial charge >= 0.3 is 0 Å². The van der Waals surface area contributed by atoms with E-state index in [0.717, 1.165) is 25.7 Å². The minimum absolute atomic E-state index is 0.202. The minimum atomic E-state index is -0.202. The summed E-state index contributed by atoms with van der Waals surface area (Å²) >= 11 is 0. The van der Waals surface area contributed by atoms with E-state index >= 15 is 0 Å². The van der Waals surface area contributed by atoms with Gasteiger partial charge < -0.3 is 5.11 Å². The highest BCUT2D eigenvalue weighted by Gasteiger charge is 2.01. The normalized spacial score (nSPS) is 12.5. The first-order chi connectivity index (χ1) is 13.2. The van der Waals surface area contributed by atoms with E-state index in [2.05, 4.69) is 79.4 Å². The maximum absolute atomic E-state index is 9.30. The van der Waals surface area contributed by atoms with E-state index in [9.17, 15) is 5.11 Å². The molecule has 3 aromatic rings. The van der Waals surface area contributed by atoms with Gasteiger partial charge in [0.25, 0.3) is 0 Å². The second-order valence-electron chi connectivity index (χ2n) is 7.19. The molecule has 0 aliphatic carbocycles. The molecule has 0 spiro atoms. The fraction of sp³-hybridized carbons (Fsp3) is 0.231. The van der Waals surface area contributed by atoms with E-state index in [0.29, 0.717) is 0 Å². The van der Waals surface area contributed by atoms with E-state index in [1.165, 1.54) is 33.0 Å². The third-order valence-electron chi connectivity index (χ3n) is 4.83. The van der Waals surface area contributed by atoms with Gasteiger partial charge in [-0.3, -0.25) is 0 Å². The molecule has 0 bridgehead atoms. The van der Waals surface area contributed by atoms with Crippen molar-refractivity contribution in [1.82, 2.24) is 0 Å². The Hall–Kier alpha value is -2.64. The van der Waals surface area contributed by atoms with Crippen LogP contribution in [0.2, 0.25) is 0 Å². The fourth-order valence-electron chi connectivity index (χ4n) is 3.30. The summed E-state index contributed by atoms with van der Waals surface area (Å²) in [6, 6.07) is 22.0. The minimum Gasteiger partial charge on any atom is -0.393 e. The highest BCUT2D eigenvalue weighted by Crippen LogP contribution is 2.26. The van der Waals surface area contributed by atoms with Crippen LogP contribution in [0.3, 0.4) is 0 Å². The summed E-state index contributed by atoms with van der Waals surface area (Å²) in [5.41, 5.74) is 5.00. The van der Waals surface area contributed by atoms with Crippen LogP contribution in [0, 0.1) is 0 Å². The van der Waals surface area contributed by atoms with Crippen LogP contribution in [-0.2, 0) is 6.42 Å². The Morgan fingerprint density at radius 2 is 1.63 bits per heavy atom. The molecule has 3 rings (SSSR count). The van der Waals surface area contributed by atoms with Crippen LogP contribution < -0.4 is 0 Å². The number of aliphatic hydroxyl groups excluding tert-OH is 1. The van der Waals surface area contributed by atoms with Crippen molar-refractivity contribution < 1.29 is 5.11 Å². The molecule has 0 radical (unpaired) electrons. The van der Waals surface area contributed by atoms with Crippen LogP contribution in [0.5, 0.6) is 0 Å². The Kier molecular flexibility index (Phi) is 6.62. The van der Waals surface area contributed by atoms with Crippen molar-refractivity contribution in [1.29, 1.82) is 0 Å².